The Kier molecular flexibility index (Phi) is 4.47. The summed E-state index contributed by atoms with van der Waals surface area (Å²) in [4.78, 5) is 12.9. The van der Waals surface area contributed by atoms with E-state index in [1.54, 1.807) is 0 Å². The molecule has 1 heterocycles. The van der Waals surface area contributed by atoms with Crippen molar-refractivity contribution in [3.8, 4) is 0 Å². The molecule has 1 rings (SSSR count). The van der Waals surface area contributed by atoms with Crippen molar-refractivity contribution in [2.75, 3.05) is 33.4 Å². The lowest BCUT2D eigenvalue weighted by atomic mass is 9.91. The molecule has 0 aliphatic carbocycles. The van der Waals surface area contributed by atoms with Gasteiger partial charge in [-0.05, 0) is 7.05 Å². The van der Waals surface area contributed by atoms with E-state index in [4.69, 9.17) is 4.74 Å². The minimum absolute atomic E-state index is 0.351. The molecule has 0 unspecified atom stereocenters. The quantitative estimate of drug-likeness (QED) is 0.705. The van der Waals surface area contributed by atoms with E-state index in [1.165, 1.54) is 0 Å². The summed E-state index contributed by atoms with van der Waals surface area (Å²) in [7, 11) is 1.94. The molecule has 0 aromatic carbocycles. The Morgan fingerprint density at radius 1 is 1.44 bits per heavy atom. The van der Waals surface area contributed by atoms with E-state index in [0.29, 0.717) is 39.1 Å². The number of carbonyl (C=O) groups excluding carboxylic acids is 1. The van der Waals surface area contributed by atoms with E-state index in [1.807, 2.05) is 25.8 Å². The lowest BCUT2D eigenvalue weighted by molar-refractivity contribution is -0.117. The molecular weight excluding hydrogens is 206 g/mol. The highest BCUT2D eigenvalue weighted by Gasteiger charge is 2.32. The van der Waals surface area contributed by atoms with Crippen LogP contribution in [0.1, 0.15) is 26.7 Å². The van der Waals surface area contributed by atoms with Gasteiger partial charge >= 0.3 is 0 Å². The summed E-state index contributed by atoms with van der Waals surface area (Å²) in [5.41, 5.74) is -0.998. The molecule has 1 fully saturated rings. The van der Waals surface area contributed by atoms with Gasteiger partial charge in [0.05, 0.1) is 5.60 Å². The van der Waals surface area contributed by atoms with Crippen LogP contribution in [-0.4, -0.2) is 55.2 Å². The summed E-state index contributed by atoms with van der Waals surface area (Å²) in [6, 6.07) is 0. The van der Waals surface area contributed by atoms with E-state index in [2.05, 4.69) is 0 Å². The lowest BCUT2D eigenvalue weighted by Crippen LogP contribution is -2.47. The third-order valence-corrected chi connectivity index (χ3v) is 2.98. The third kappa shape index (κ3) is 4.20. The average Bonchev–Trinajstić information content (AvgIpc) is 2.17. The molecular formula is C12H23NO3. The number of aldehydes is 1. The van der Waals surface area contributed by atoms with Crippen molar-refractivity contribution in [3.63, 3.8) is 0 Å². The molecule has 4 heteroatoms. The molecule has 0 spiro atoms. The Balaban J connectivity index is 2.43. The normalized spacial score (nSPS) is 21.1. The summed E-state index contributed by atoms with van der Waals surface area (Å²) in [6.45, 7) is 6.34. The zero-order chi connectivity index (χ0) is 12.2. The Hall–Kier alpha value is -0.450. The van der Waals surface area contributed by atoms with Crippen molar-refractivity contribution in [2.24, 2.45) is 5.41 Å². The van der Waals surface area contributed by atoms with Gasteiger partial charge < -0.3 is 19.5 Å². The highest BCUT2D eigenvalue weighted by molar-refractivity contribution is 5.58. The topological polar surface area (TPSA) is 49.8 Å². The first-order chi connectivity index (χ1) is 7.37. The molecule has 0 bridgehead atoms. The highest BCUT2D eigenvalue weighted by atomic mass is 16.5. The molecule has 1 saturated heterocycles. The Morgan fingerprint density at radius 2 is 2.00 bits per heavy atom. The first-order valence-electron chi connectivity index (χ1n) is 5.82. The van der Waals surface area contributed by atoms with Gasteiger partial charge in [0.1, 0.15) is 6.29 Å². The Morgan fingerprint density at radius 3 is 2.50 bits per heavy atom. The number of ether oxygens (including phenoxy) is 1. The first-order valence-corrected chi connectivity index (χ1v) is 5.82. The van der Waals surface area contributed by atoms with Crippen LogP contribution >= 0.6 is 0 Å². The van der Waals surface area contributed by atoms with Crippen molar-refractivity contribution < 1.29 is 14.6 Å². The van der Waals surface area contributed by atoms with Gasteiger partial charge in [-0.25, -0.2) is 0 Å². The number of carbonyl (C=O) groups is 1. The van der Waals surface area contributed by atoms with Crippen molar-refractivity contribution in [2.45, 2.75) is 32.3 Å². The number of nitrogens with zero attached hydrogens (tertiary/aromatic N) is 1. The van der Waals surface area contributed by atoms with Gasteiger partial charge in [0.2, 0.25) is 0 Å². The van der Waals surface area contributed by atoms with Crippen LogP contribution in [0.5, 0.6) is 0 Å². The SMILES string of the molecule is CN(CC(C)(C)C=O)CC1(O)CCOCC1. The molecule has 0 aromatic heterocycles. The smallest absolute Gasteiger partial charge is 0.126 e. The fourth-order valence-electron chi connectivity index (χ4n) is 2.20. The molecule has 94 valence electrons. The van der Waals surface area contributed by atoms with Crippen LogP contribution in [0.4, 0.5) is 0 Å². The largest absolute Gasteiger partial charge is 0.388 e. The Labute approximate surface area is 97.6 Å². The van der Waals surface area contributed by atoms with Gasteiger partial charge in [-0.1, -0.05) is 13.8 Å². The van der Waals surface area contributed by atoms with Crippen molar-refractivity contribution in [1.29, 1.82) is 0 Å². The molecule has 1 aliphatic heterocycles. The van der Waals surface area contributed by atoms with E-state index in [0.717, 1.165) is 6.29 Å². The van der Waals surface area contributed by atoms with Crippen molar-refractivity contribution >= 4 is 6.29 Å². The molecule has 4 nitrogen and oxygen atoms in total. The van der Waals surface area contributed by atoms with Gasteiger partial charge in [0, 0.05) is 44.6 Å². The highest BCUT2D eigenvalue weighted by Crippen LogP contribution is 2.22. The van der Waals surface area contributed by atoms with E-state index in [-0.39, 0.29) is 5.41 Å². The summed E-state index contributed by atoms with van der Waals surface area (Å²) in [6.07, 6.45) is 2.33. The maximum absolute atomic E-state index is 10.8. The van der Waals surface area contributed by atoms with Crippen LogP contribution < -0.4 is 0 Å². The van der Waals surface area contributed by atoms with Gasteiger partial charge in [0.15, 0.2) is 0 Å². The summed E-state index contributed by atoms with van der Waals surface area (Å²) < 4.78 is 5.23. The first kappa shape index (κ1) is 13.6. The molecule has 0 atom stereocenters. The van der Waals surface area contributed by atoms with Gasteiger partial charge in [-0.3, -0.25) is 0 Å². The maximum atomic E-state index is 10.8. The van der Waals surface area contributed by atoms with Crippen LogP contribution in [0.25, 0.3) is 0 Å². The molecule has 1 aliphatic rings. The second-order valence-electron chi connectivity index (χ2n) is 5.62. The van der Waals surface area contributed by atoms with E-state index in [9.17, 15) is 9.90 Å². The van der Waals surface area contributed by atoms with E-state index >= 15 is 0 Å². The average molecular weight is 229 g/mol. The van der Waals surface area contributed by atoms with Crippen LogP contribution in [0.15, 0.2) is 0 Å². The van der Waals surface area contributed by atoms with Crippen molar-refractivity contribution in [1.82, 2.24) is 4.90 Å². The molecule has 0 aromatic rings. The lowest BCUT2D eigenvalue weighted by Gasteiger charge is -2.37. The molecule has 0 amide bonds. The van der Waals surface area contributed by atoms with E-state index < -0.39 is 5.60 Å². The number of hydrogen-bond donors (Lipinski definition) is 1. The van der Waals surface area contributed by atoms with Crippen molar-refractivity contribution in [3.05, 3.63) is 0 Å². The molecule has 0 saturated carbocycles. The monoisotopic (exact) mass is 229 g/mol. The Bertz CT molecular complexity index is 234. The predicted molar refractivity (Wildman–Crippen MR) is 62.3 cm³/mol. The minimum Gasteiger partial charge on any atom is -0.388 e. The fraction of sp³-hybridized carbons (Fsp3) is 0.917. The van der Waals surface area contributed by atoms with Crippen LogP contribution in [0, 0.1) is 5.41 Å². The zero-order valence-corrected chi connectivity index (χ0v) is 10.5. The molecule has 0 radical (unpaired) electrons. The van der Waals surface area contributed by atoms with Crippen LogP contribution in [-0.2, 0) is 9.53 Å². The second-order valence-corrected chi connectivity index (χ2v) is 5.62. The zero-order valence-electron chi connectivity index (χ0n) is 10.5. The number of aliphatic hydroxyl groups is 1. The second kappa shape index (κ2) is 5.25. The third-order valence-electron chi connectivity index (χ3n) is 2.98. The number of rotatable bonds is 5. The number of likely N-dealkylation sites (N-methyl/N-ethyl adjacent to an activating group) is 1. The maximum Gasteiger partial charge on any atom is 0.126 e. The number of hydrogen-bond acceptors (Lipinski definition) is 4. The standard InChI is InChI=1S/C12H23NO3/c1-11(2,10-14)8-13(3)9-12(15)4-6-16-7-5-12/h10,15H,4-9H2,1-3H3. The van der Waals surface area contributed by atoms with Gasteiger partial charge in [0.25, 0.3) is 0 Å². The van der Waals surface area contributed by atoms with Gasteiger partial charge in [-0.2, -0.15) is 0 Å². The predicted octanol–water partition coefficient (Wildman–Crippen LogP) is 0.685. The minimum atomic E-state index is -0.647. The van der Waals surface area contributed by atoms with Gasteiger partial charge in [-0.15, -0.1) is 0 Å². The van der Waals surface area contributed by atoms with Crippen LogP contribution in [0.2, 0.25) is 0 Å². The molecule has 1 N–H and O–H groups in total. The van der Waals surface area contributed by atoms with Crippen LogP contribution in [0.3, 0.4) is 0 Å². The summed E-state index contributed by atoms with van der Waals surface area (Å²) in [5, 5.41) is 10.3. The summed E-state index contributed by atoms with van der Waals surface area (Å²) >= 11 is 0. The fourth-order valence-corrected chi connectivity index (χ4v) is 2.20. The molecule has 16 heavy (non-hydrogen) atoms. The summed E-state index contributed by atoms with van der Waals surface area (Å²) in [5.74, 6) is 0.